The molecule has 144 valence electrons. The van der Waals surface area contributed by atoms with Gasteiger partial charge < -0.3 is 19.9 Å². The van der Waals surface area contributed by atoms with Gasteiger partial charge in [0.15, 0.2) is 5.17 Å². The third kappa shape index (κ3) is 4.17. The molecule has 0 atom stereocenters. The van der Waals surface area contributed by atoms with Crippen molar-refractivity contribution in [3.63, 3.8) is 0 Å². The molecule has 7 nitrogen and oxygen atoms in total. The number of aryl methyl sites for hydroxylation is 1. The maximum atomic E-state index is 12.3. The van der Waals surface area contributed by atoms with E-state index in [4.69, 9.17) is 14.6 Å². The van der Waals surface area contributed by atoms with Crippen molar-refractivity contribution in [1.82, 2.24) is 5.32 Å². The van der Waals surface area contributed by atoms with Crippen molar-refractivity contribution in [2.45, 2.75) is 6.92 Å². The van der Waals surface area contributed by atoms with E-state index < -0.39 is 5.97 Å². The minimum atomic E-state index is -1.03. The monoisotopic (exact) mass is 398 g/mol. The van der Waals surface area contributed by atoms with Gasteiger partial charge in [0.05, 0.1) is 30.4 Å². The second kappa shape index (κ2) is 8.18. The Hall–Kier alpha value is -3.26. The first-order valence-electron chi connectivity index (χ1n) is 8.27. The Balaban J connectivity index is 1.92. The first-order chi connectivity index (χ1) is 13.4. The molecule has 1 heterocycles. The summed E-state index contributed by atoms with van der Waals surface area (Å²) in [5.74, 6) is -0.0703. The SMILES string of the molecule is COc1ccc(OC)c(/C=C2\SC(=Nc3cc(C(=O)O)ccc3C)NC2=O)c1. The van der Waals surface area contributed by atoms with Crippen molar-refractivity contribution in [3.8, 4) is 11.5 Å². The molecule has 8 heteroatoms. The molecule has 0 radical (unpaired) electrons. The molecular formula is C20H18N2O5S. The number of rotatable bonds is 5. The van der Waals surface area contributed by atoms with E-state index >= 15 is 0 Å². The maximum absolute atomic E-state index is 12.3. The van der Waals surface area contributed by atoms with Crippen molar-refractivity contribution in [2.24, 2.45) is 4.99 Å². The van der Waals surface area contributed by atoms with Crippen LogP contribution in [0.1, 0.15) is 21.5 Å². The first kappa shape index (κ1) is 19.5. The number of hydrogen-bond acceptors (Lipinski definition) is 6. The van der Waals surface area contributed by atoms with Gasteiger partial charge in [-0.3, -0.25) is 4.79 Å². The van der Waals surface area contributed by atoms with Crippen LogP contribution in [-0.2, 0) is 4.79 Å². The van der Waals surface area contributed by atoms with Crippen LogP contribution in [0, 0.1) is 6.92 Å². The number of nitrogens with one attached hydrogen (secondary N) is 1. The number of aromatic carboxylic acids is 1. The van der Waals surface area contributed by atoms with Crippen LogP contribution in [-0.4, -0.2) is 36.4 Å². The van der Waals surface area contributed by atoms with Gasteiger partial charge in [-0.15, -0.1) is 0 Å². The van der Waals surface area contributed by atoms with E-state index in [1.54, 1.807) is 44.6 Å². The van der Waals surface area contributed by atoms with Crippen LogP contribution in [0.2, 0.25) is 0 Å². The molecule has 28 heavy (non-hydrogen) atoms. The number of aliphatic imine (C=N–C) groups is 1. The third-order valence-corrected chi connectivity index (χ3v) is 4.96. The van der Waals surface area contributed by atoms with Crippen LogP contribution in [0.3, 0.4) is 0 Å². The molecule has 0 aromatic heterocycles. The van der Waals surface area contributed by atoms with Crippen molar-refractivity contribution >= 4 is 40.6 Å². The summed E-state index contributed by atoms with van der Waals surface area (Å²) in [6.07, 6.45) is 1.70. The second-order valence-electron chi connectivity index (χ2n) is 5.90. The van der Waals surface area contributed by atoms with E-state index in [9.17, 15) is 9.59 Å². The quantitative estimate of drug-likeness (QED) is 0.747. The predicted molar refractivity (Wildman–Crippen MR) is 108 cm³/mol. The highest BCUT2D eigenvalue weighted by Crippen LogP contribution is 2.33. The van der Waals surface area contributed by atoms with Gasteiger partial charge in [-0.2, -0.15) is 0 Å². The van der Waals surface area contributed by atoms with Crippen LogP contribution in [0.5, 0.6) is 11.5 Å². The number of carboxylic acid groups (broad SMARTS) is 1. The summed E-state index contributed by atoms with van der Waals surface area (Å²) in [6.45, 7) is 1.82. The van der Waals surface area contributed by atoms with Crippen LogP contribution < -0.4 is 14.8 Å². The lowest BCUT2D eigenvalue weighted by Crippen LogP contribution is -2.19. The van der Waals surface area contributed by atoms with Crippen LogP contribution in [0.25, 0.3) is 6.08 Å². The van der Waals surface area contributed by atoms with Gasteiger partial charge in [0.1, 0.15) is 11.5 Å². The largest absolute Gasteiger partial charge is 0.497 e. The molecule has 1 fully saturated rings. The predicted octanol–water partition coefficient (Wildman–Crippen LogP) is 3.60. The molecule has 1 saturated heterocycles. The molecule has 0 aliphatic carbocycles. The van der Waals surface area contributed by atoms with E-state index in [-0.39, 0.29) is 11.5 Å². The molecular weight excluding hydrogens is 380 g/mol. The lowest BCUT2D eigenvalue weighted by Gasteiger charge is -2.07. The summed E-state index contributed by atoms with van der Waals surface area (Å²) >= 11 is 1.17. The van der Waals surface area contributed by atoms with E-state index in [1.165, 1.54) is 23.9 Å². The molecule has 2 N–H and O–H groups in total. The number of hydrogen-bond donors (Lipinski definition) is 2. The maximum Gasteiger partial charge on any atom is 0.335 e. The Labute approximate surface area is 166 Å². The highest BCUT2D eigenvalue weighted by molar-refractivity contribution is 8.18. The van der Waals surface area contributed by atoms with E-state index in [2.05, 4.69) is 10.3 Å². The number of thioether (sulfide) groups is 1. The zero-order valence-electron chi connectivity index (χ0n) is 15.5. The summed E-state index contributed by atoms with van der Waals surface area (Å²) < 4.78 is 10.6. The average Bonchev–Trinajstić information content (AvgIpc) is 3.02. The molecule has 2 aromatic rings. The fraction of sp³-hybridized carbons (Fsp3) is 0.150. The number of amidine groups is 1. The zero-order valence-corrected chi connectivity index (χ0v) is 16.3. The fourth-order valence-electron chi connectivity index (χ4n) is 2.55. The molecule has 1 amide bonds. The van der Waals surface area contributed by atoms with Crippen molar-refractivity contribution in [1.29, 1.82) is 0 Å². The molecule has 0 unspecified atom stereocenters. The Bertz CT molecular complexity index is 1010. The normalized spacial score (nSPS) is 16.3. The van der Waals surface area contributed by atoms with Crippen molar-refractivity contribution < 1.29 is 24.2 Å². The summed E-state index contributed by atoms with van der Waals surface area (Å²) in [7, 11) is 3.12. The Kier molecular flexibility index (Phi) is 5.70. The number of nitrogens with zero attached hydrogens (tertiary/aromatic N) is 1. The molecule has 0 spiro atoms. The highest BCUT2D eigenvalue weighted by Gasteiger charge is 2.24. The number of carboxylic acids is 1. The number of amides is 1. The van der Waals surface area contributed by atoms with Gasteiger partial charge in [0.2, 0.25) is 0 Å². The molecule has 1 aliphatic rings. The number of methoxy groups -OCH3 is 2. The molecule has 3 rings (SSSR count). The summed E-state index contributed by atoms with van der Waals surface area (Å²) in [5.41, 5.74) is 2.13. The molecule has 1 aliphatic heterocycles. The zero-order chi connectivity index (χ0) is 20.3. The number of ether oxygens (including phenoxy) is 2. The van der Waals surface area contributed by atoms with Gasteiger partial charge in [-0.1, -0.05) is 6.07 Å². The number of carbonyl (C=O) groups is 2. The minimum Gasteiger partial charge on any atom is -0.497 e. The third-order valence-electron chi connectivity index (χ3n) is 4.05. The second-order valence-corrected chi connectivity index (χ2v) is 6.93. The summed E-state index contributed by atoms with van der Waals surface area (Å²) in [5, 5.41) is 12.2. The van der Waals surface area contributed by atoms with Gasteiger partial charge >= 0.3 is 5.97 Å². The molecule has 0 saturated carbocycles. The standard InChI is InChI=1S/C20H18N2O5S/c1-11-4-5-12(19(24)25)9-15(11)21-20-22-18(23)17(28-20)10-13-8-14(26-2)6-7-16(13)27-3/h4-10H,1-3H3,(H,24,25)(H,21,22,23)/b17-10-. The molecule has 0 bridgehead atoms. The van der Waals surface area contributed by atoms with Crippen LogP contribution in [0.15, 0.2) is 46.3 Å². The fourth-order valence-corrected chi connectivity index (χ4v) is 3.37. The van der Waals surface area contributed by atoms with Gasteiger partial charge in [-0.05, 0) is 60.7 Å². The van der Waals surface area contributed by atoms with Crippen LogP contribution in [0.4, 0.5) is 5.69 Å². The minimum absolute atomic E-state index is 0.135. The lowest BCUT2D eigenvalue weighted by atomic mass is 10.1. The van der Waals surface area contributed by atoms with Crippen LogP contribution >= 0.6 is 11.8 Å². The van der Waals surface area contributed by atoms with Crippen molar-refractivity contribution in [3.05, 3.63) is 58.0 Å². The van der Waals surface area contributed by atoms with Crippen molar-refractivity contribution in [2.75, 3.05) is 14.2 Å². The van der Waals surface area contributed by atoms with Gasteiger partial charge in [-0.25, -0.2) is 9.79 Å². The Morgan fingerprint density at radius 1 is 1.18 bits per heavy atom. The first-order valence-corrected chi connectivity index (χ1v) is 9.08. The average molecular weight is 398 g/mol. The lowest BCUT2D eigenvalue weighted by molar-refractivity contribution is -0.115. The summed E-state index contributed by atoms with van der Waals surface area (Å²) in [4.78, 5) is 28.4. The number of benzene rings is 2. The number of carbonyl (C=O) groups excluding carboxylic acids is 1. The van der Waals surface area contributed by atoms with E-state index in [0.29, 0.717) is 32.8 Å². The molecule has 2 aromatic carbocycles. The van der Waals surface area contributed by atoms with Gasteiger partial charge in [0.25, 0.3) is 5.91 Å². The van der Waals surface area contributed by atoms with Gasteiger partial charge in [0, 0.05) is 5.56 Å². The van der Waals surface area contributed by atoms with E-state index in [1.807, 2.05) is 6.92 Å². The van der Waals surface area contributed by atoms with E-state index in [0.717, 1.165) is 5.56 Å². The topological polar surface area (TPSA) is 97.2 Å². The smallest absolute Gasteiger partial charge is 0.335 e. The Morgan fingerprint density at radius 3 is 2.64 bits per heavy atom. The summed E-state index contributed by atoms with van der Waals surface area (Å²) in [6, 6.07) is 9.98. The Morgan fingerprint density at radius 2 is 1.96 bits per heavy atom. The highest BCUT2D eigenvalue weighted by atomic mass is 32.2.